The van der Waals surface area contributed by atoms with Crippen LogP contribution in [0.5, 0.6) is 0 Å². The Labute approximate surface area is 179 Å². The Hall–Kier alpha value is -2.23. The fraction of sp³-hybridized carbons (Fsp3) is 0.300. The molecule has 2 rings (SSSR count). The Morgan fingerprint density at radius 2 is 1.76 bits per heavy atom. The molecule has 0 spiro atoms. The van der Waals surface area contributed by atoms with Gasteiger partial charge in [0.1, 0.15) is 0 Å². The minimum atomic E-state index is -3.71. The fourth-order valence-corrected chi connectivity index (χ4v) is 4.52. The SMILES string of the molecule is CCN(CC)S(=O)(=O)c1ccc(C)c(C(=O)OCC(=O)Nc2ccccc2Br)c1. The molecule has 0 saturated heterocycles. The number of rotatable bonds is 8. The molecular formula is C20H23BrN2O5S. The lowest BCUT2D eigenvalue weighted by Gasteiger charge is -2.19. The Morgan fingerprint density at radius 3 is 2.38 bits per heavy atom. The third-order valence-electron chi connectivity index (χ3n) is 4.25. The molecule has 2 aromatic carbocycles. The number of hydrogen-bond donors (Lipinski definition) is 1. The van der Waals surface area contributed by atoms with E-state index in [2.05, 4.69) is 21.2 Å². The van der Waals surface area contributed by atoms with Gasteiger partial charge < -0.3 is 10.1 Å². The third kappa shape index (κ3) is 5.65. The molecule has 0 aliphatic carbocycles. The molecule has 0 heterocycles. The van der Waals surface area contributed by atoms with Crippen molar-refractivity contribution in [3.8, 4) is 0 Å². The van der Waals surface area contributed by atoms with Crippen molar-refractivity contribution in [3.63, 3.8) is 0 Å². The largest absolute Gasteiger partial charge is 0.452 e. The van der Waals surface area contributed by atoms with E-state index in [1.807, 2.05) is 6.07 Å². The van der Waals surface area contributed by atoms with Crippen molar-refractivity contribution in [2.75, 3.05) is 25.0 Å². The number of nitrogens with one attached hydrogen (secondary N) is 1. The molecular weight excluding hydrogens is 460 g/mol. The van der Waals surface area contributed by atoms with Gasteiger partial charge in [0, 0.05) is 17.6 Å². The highest BCUT2D eigenvalue weighted by Crippen LogP contribution is 2.22. The summed E-state index contributed by atoms with van der Waals surface area (Å²) in [6, 6.07) is 11.3. The first-order valence-electron chi connectivity index (χ1n) is 9.03. The monoisotopic (exact) mass is 482 g/mol. The van der Waals surface area contributed by atoms with Crippen LogP contribution in [0.25, 0.3) is 0 Å². The van der Waals surface area contributed by atoms with E-state index >= 15 is 0 Å². The van der Waals surface area contributed by atoms with Gasteiger partial charge in [0.15, 0.2) is 6.61 Å². The van der Waals surface area contributed by atoms with Crippen LogP contribution in [0, 0.1) is 6.92 Å². The molecule has 1 N–H and O–H groups in total. The quantitative estimate of drug-likeness (QED) is 0.580. The van der Waals surface area contributed by atoms with Crippen molar-refractivity contribution in [1.82, 2.24) is 4.31 Å². The number of amides is 1. The maximum absolute atomic E-state index is 12.7. The molecule has 0 atom stereocenters. The van der Waals surface area contributed by atoms with E-state index in [0.29, 0.717) is 28.8 Å². The van der Waals surface area contributed by atoms with E-state index in [1.165, 1.54) is 16.4 Å². The predicted octanol–water partition coefficient (Wildman–Crippen LogP) is 3.58. The first-order chi connectivity index (χ1) is 13.7. The molecule has 0 radical (unpaired) electrons. The van der Waals surface area contributed by atoms with Crippen molar-refractivity contribution in [2.45, 2.75) is 25.7 Å². The van der Waals surface area contributed by atoms with Gasteiger partial charge in [-0.3, -0.25) is 4.79 Å². The Morgan fingerprint density at radius 1 is 1.10 bits per heavy atom. The molecule has 0 aromatic heterocycles. The molecule has 9 heteroatoms. The molecule has 0 fully saturated rings. The van der Waals surface area contributed by atoms with Crippen molar-refractivity contribution in [3.05, 3.63) is 58.1 Å². The summed E-state index contributed by atoms with van der Waals surface area (Å²) in [6.07, 6.45) is 0. The number of benzene rings is 2. The molecule has 7 nitrogen and oxygen atoms in total. The standard InChI is InChI=1S/C20H23BrN2O5S/c1-4-23(5-2)29(26,27)15-11-10-14(3)16(12-15)20(25)28-13-19(24)22-18-9-7-6-8-17(18)21/h6-12H,4-5,13H2,1-3H3,(H,22,24). The van der Waals surface area contributed by atoms with Gasteiger partial charge >= 0.3 is 5.97 Å². The van der Waals surface area contributed by atoms with Crippen LogP contribution in [-0.4, -0.2) is 44.3 Å². The maximum atomic E-state index is 12.7. The van der Waals surface area contributed by atoms with Crippen molar-refractivity contribution in [1.29, 1.82) is 0 Å². The van der Waals surface area contributed by atoms with Crippen molar-refractivity contribution in [2.24, 2.45) is 0 Å². The van der Waals surface area contributed by atoms with Crippen LogP contribution in [-0.2, 0) is 19.6 Å². The summed E-state index contributed by atoms with van der Waals surface area (Å²) in [7, 11) is -3.71. The van der Waals surface area contributed by atoms with Crippen LogP contribution < -0.4 is 5.32 Å². The van der Waals surface area contributed by atoms with Gasteiger partial charge in [-0.1, -0.05) is 32.0 Å². The van der Waals surface area contributed by atoms with Crippen molar-refractivity contribution >= 4 is 43.5 Å². The summed E-state index contributed by atoms with van der Waals surface area (Å²) in [5.41, 5.74) is 1.21. The van der Waals surface area contributed by atoms with E-state index in [9.17, 15) is 18.0 Å². The molecule has 2 aromatic rings. The second-order valence-electron chi connectivity index (χ2n) is 6.17. The van der Waals surface area contributed by atoms with Crippen LogP contribution in [0.3, 0.4) is 0 Å². The van der Waals surface area contributed by atoms with E-state index in [1.54, 1.807) is 45.0 Å². The minimum absolute atomic E-state index is 0.0106. The summed E-state index contributed by atoms with van der Waals surface area (Å²) >= 11 is 3.32. The van der Waals surface area contributed by atoms with Crippen LogP contribution in [0.15, 0.2) is 51.8 Å². The van der Waals surface area contributed by atoms with Crippen LogP contribution in [0.4, 0.5) is 5.69 Å². The third-order valence-corrected chi connectivity index (χ3v) is 6.99. The second-order valence-corrected chi connectivity index (χ2v) is 8.96. The number of hydrogen-bond acceptors (Lipinski definition) is 5. The minimum Gasteiger partial charge on any atom is -0.452 e. The maximum Gasteiger partial charge on any atom is 0.338 e. The molecule has 0 aliphatic heterocycles. The number of sulfonamides is 1. The van der Waals surface area contributed by atoms with Gasteiger partial charge in [-0.2, -0.15) is 4.31 Å². The normalized spacial score (nSPS) is 11.3. The van der Waals surface area contributed by atoms with Crippen LogP contribution in [0.1, 0.15) is 29.8 Å². The Bertz CT molecular complexity index is 1000. The molecule has 0 bridgehead atoms. The number of nitrogens with zero attached hydrogens (tertiary/aromatic N) is 1. The number of carbonyl (C=O) groups is 2. The number of halogens is 1. The lowest BCUT2D eigenvalue weighted by atomic mass is 10.1. The lowest BCUT2D eigenvalue weighted by Crippen LogP contribution is -2.30. The van der Waals surface area contributed by atoms with Crippen LogP contribution >= 0.6 is 15.9 Å². The number of carbonyl (C=O) groups excluding carboxylic acids is 2. The first kappa shape index (κ1) is 23.1. The van der Waals surface area contributed by atoms with Gasteiger partial charge in [0.2, 0.25) is 10.0 Å². The summed E-state index contributed by atoms with van der Waals surface area (Å²) in [5.74, 6) is -1.27. The van der Waals surface area contributed by atoms with E-state index in [-0.39, 0.29) is 10.5 Å². The molecule has 0 unspecified atom stereocenters. The first-order valence-corrected chi connectivity index (χ1v) is 11.3. The van der Waals surface area contributed by atoms with Gasteiger partial charge in [-0.25, -0.2) is 13.2 Å². The molecule has 156 valence electrons. The molecule has 0 saturated carbocycles. The van der Waals surface area contributed by atoms with Crippen LogP contribution in [0.2, 0.25) is 0 Å². The van der Waals surface area contributed by atoms with E-state index in [4.69, 9.17) is 4.74 Å². The summed E-state index contributed by atoms with van der Waals surface area (Å²) in [6.45, 7) is 5.31. The highest BCUT2D eigenvalue weighted by atomic mass is 79.9. The van der Waals surface area contributed by atoms with Gasteiger partial charge in [0.25, 0.3) is 5.91 Å². The van der Waals surface area contributed by atoms with Crippen molar-refractivity contribution < 1.29 is 22.7 Å². The van der Waals surface area contributed by atoms with E-state index in [0.717, 1.165) is 0 Å². The number of para-hydroxylation sites is 1. The fourth-order valence-electron chi connectivity index (χ4n) is 2.65. The Balaban J connectivity index is 2.13. The zero-order valence-electron chi connectivity index (χ0n) is 16.4. The Kier molecular flexibility index (Phi) is 7.95. The van der Waals surface area contributed by atoms with Gasteiger partial charge in [-0.15, -0.1) is 0 Å². The zero-order valence-corrected chi connectivity index (χ0v) is 18.8. The predicted molar refractivity (Wildman–Crippen MR) is 114 cm³/mol. The second kappa shape index (κ2) is 10.00. The number of anilines is 1. The zero-order chi connectivity index (χ0) is 21.6. The smallest absolute Gasteiger partial charge is 0.338 e. The average molecular weight is 483 g/mol. The molecule has 0 aliphatic rings. The summed E-state index contributed by atoms with van der Waals surface area (Å²) in [4.78, 5) is 24.5. The van der Waals surface area contributed by atoms with E-state index < -0.39 is 28.5 Å². The number of esters is 1. The molecule has 1 amide bonds. The van der Waals surface area contributed by atoms with Gasteiger partial charge in [0.05, 0.1) is 16.1 Å². The van der Waals surface area contributed by atoms with Gasteiger partial charge in [-0.05, 0) is 52.7 Å². The summed E-state index contributed by atoms with van der Waals surface area (Å²) in [5, 5.41) is 2.63. The number of aryl methyl sites for hydroxylation is 1. The number of ether oxygens (including phenoxy) is 1. The molecule has 29 heavy (non-hydrogen) atoms. The summed E-state index contributed by atoms with van der Waals surface area (Å²) < 4.78 is 32.5. The highest BCUT2D eigenvalue weighted by molar-refractivity contribution is 9.10. The highest BCUT2D eigenvalue weighted by Gasteiger charge is 2.24. The lowest BCUT2D eigenvalue weighted by molar-refractivity contribution is -0.119. The topological polar surface area (TPSA) is 92.8 Å². The average Bonchev–Trinajstić information content (AvgIpc) is 2.69.